The van der Waals surface area contributed by atoms with Gasteiger partial charge in [0.25, 0.3) is 0 Å². The average molecular weight is 603 g/mol. The van der Waals surface area contributed by atoms with Gasteiger partial charge in [-0.2, -0.15) is 5.26 Å². The molecule has 7 aromatic carbocycles. The highest BCUT2D eigenvalue weighted by Gasteiger charge is 2.19. The Morgan fingerprint density at radius 3 is 1.57 bits per heavy atom. The average Bonchev–Trinajstić information content (AvgIpc) is 3.70. The van der Waals surface area contributed by atoms with E-state index in [4.69, 9.17) is 14.6 Å². The molecule has 0 unspecified atom stereocenters. The van der Waals surface area contributed by atoms with Crippen molar-refractivity contribution in [1.29, 1.82) is 5.26 Å². The Bertz CT molecular complexity index is 2630. The van der Waals surface area contributed by atoms with Crippen molar-refractivity contribution in [2.75, 3.05) is 5.73 Å². The number of hydrogen-bond donors (Lipinski definition) is 1. The molecule has 0 aliphatic rings. The lowest BCUT2D eigenvalue weighted by atomic mass is 9.90. The number of nitrogens with zero attached hydrogens (tertiary/aromatic N) is 1. The maximum absolute atomic E-state index is 9.35. The fourth-order valence-corrected chi connectivity index (χ4v) is 6.81. The Labute approximate surface area is 270 Å². The quantitative estimate of drug-likeness (QED) is 0.203. The van der Waals surface area contributed by atoms with E-state index in [1.54, 1.807) is 6.07 Å². The van der Waals surface area contributed by atoms with E-state index in [9.17, 15) is 5.26 Å². The Kier molecular flexibility index (Phi) is 5.99. The van der Waals surface area contributed by atoms with Crippen LogP contribution >= 0.6 is 0 Å². The molecule has 0 amide bonds. The van der Waals surface area contributed by atoms with Gasteiger partial charge in [0, 0.05) is 49.5 Å². The number of anilines is 1. The molecule has 0 bridgehead atoms. The third-order valence-electron chi connectivity index (χ3n) is 9.10. The molecule has 0 aliphatic heterocycles. The summed E-state index contributed by atoms with van der Waals surface area (Å²) in [6, 6.07) is 51.6. The molecule has 2 N–H and O–H groups in total. The van der Waals surface area contributed by atoms with E-state index in [1.165, 1.54) is 0 Å². The first-order chi connectivity index (χ1) is 23.2. The van der Waals surface area contributed by atoms with Gasteiger partial charge in [-0.05, 0) is 64.7 Å². The van der Waals surface area contributed by atoms with Crippen LogP contribution in [0, 0.1) is 11.3 Å². The summed E-state index contributed by atoms with van der Waals surface area (Å²) in [5.74, 6) is 0. The monoisotopic (exact) mass is 602 g/mol. The summed E-state index contributed by atoms with van der Waals surface area (Å²) in [5, 5.41) is 13.5. The zero-order valence-corrected chi connectivity index (χ0v) is 25.2. The summed E-state index contributed by atoms with van der Waals surface area (Å²) in [7, 11) is 0. The number of para-hydroxylation sites is 2. The zero-order valence-electron chi connectivity index (χ0n) is 25.2. The summed E-state index contributed by atoms with van der Waals surface area (Å²) < 4.78 is 13.1. The van der Waals surface area contributed by atoms with Crippen LogP contribution < -0.4 is 5.73 Å². The lowest BCUT2D eigenvalue weighted by Gasteiger charge is -2.15. The highest BCUT2D eigenvalue weighted by Crippen LogP contribution is 2.44. The lowest BCUT2D eigenvalue weighted by Crippen LogP contribution is -1.96. The minimum Gasteiger partial charge on any atom is -0.456 e. The minimum atomic E-state index is 0.576. The molecule has 0 saturated heterocycles. The maximum Gasteiger partial charge on any atom is 0.143 e. The second kappa shape index (κ2) is 10.5. The molecule has 0 saturated carbocycles. The first-order valence-corrected chi connectivity index (χ1v) is 15.5. The van der Waals surface area contributed by atoms with Gasteiger partial charge in [0.1, 0.15) is 22.3 Å². The molecule has 2 aromatic heterocycles. The Hall–Kier alpha value is -6.57. The molecule has 0 fully saturated rings. The maximum atomic E-state index is 9.35. The predicted octanol–water partition coefficient (Wildman–Crippen LogP) is 11.6. The van der Waals surface area contributed by atoms with Crippen molar-refractivity contribution in [2.45, 2.75) is 0 Å². The van der Waals surface area contributed by atoms with E-state index in [2.05, 4.69) is 97.1 Å². The molecule has 0 aliphatic carbocycles. The van der Waals surface area contributed by atoms with Crippen molar-refractivity contribution in [3.8, 4) is 50.6 Å². The molecular weight excluding hydrogens is 576 g/mol. The van der Waals surface area contributed by atoms with E-state index in [0.717, 1.165) is 88.5 Å². The van der Waals surface area contributed by atoms with Crippen molar-refractivity contribution in [2.24, 2.45) is 0 Å². The molecule has 2 heterocycles. The third kappa shape index (κ3) is 4.29. The fourth-order valence-electron chi connectivity index (χ4n) is 6.81. The molecule has 47 heavy (non-hydrogen) atoms. The van der Waals surface area contributed by atoms with E-state index in [-0.39, 0.29) is 0 Å². The second-order valence-corrected chi connectivity index (χ2v) is 11.8. The van der Waals surface area contributed by atoms with Gasteiger partial charge >= 0.3 is 0 Å². The Morgan fingerprint density at radius 2 is 0.979 bits per heavy atom. The number of benzene rings is 7. The van der Waals surface area contributed by atoms with Crippen LogP contribution in [-0.2, 0) is 0 Å². The first-order valence-electron chi connectivity index (χ1n) is 15.5. The van der Waals surface area contributed by atoms with Gasteiger partial charge in [-0.15, -0.1) is 0 Å². The van der Waals surface area contributed by atoms with Crippen LogP contribution in [0.15, 0.2) is 154 Å². The van der Waals surface area contributed by atoms with Gasteiger partial charge in [0.05, 0.1) is 11.6 Å². The standard InChI is InChI=1S/C43H26N2O2/c44-25-26-17-19-33-34-20-18-29(24-40(34)46-39(33)21-26)31-13-7-15-35-36-16-8-14-32(43(36)47-42(31)35)30-22-37(27-9-3-1-4-10-27)41(45)38(23-30)28-11-5-2-6-12-28/h1-24H,45H2. The Morgan fingerprint density at radius 1 is 0.426 bits per heavy atom. The summed E-state index contributed by atoms with van der Waals surface area (Å²) in [6.07, 6.45) is 0. The van der Waals surface area contributed by atoms with Crippen molar-refractivity contribution < 1.29 is 8.83 Å². The summed E-state index contributed by atoms with van der Waals surface area (Å²) in [6.45, 7) is 0. The van der Waals surface area contributed by atoms with E-state index < -0.39 is 0 Å². The highest BCUT2D eigenvalue weighted by atomic mass is 16.3. The first kappa shape index (κ1) is 26.8. The molecule has 0 atom stereocenters. The molecule has 4 nitrogen and oxygen atoms in total. The van der Waals surface area contributed by atoms with Crippen LogP contribution in [0.2, 0.25) is 0 Å². The number of nitrogen functional groups attached to an aromatic ring is 1. The predicted molar refractivity (Wildman–Crippen MR) is 192 cm³/mol. The van der Waals surface area contributed by atoms with Gasteiger partial charge < -0.3 is 14.6 Å². The summed E-state index contributed by atoms with van der Waals surface area (Å²) in [4.78, 5) is 0. The van der Waals surface area contributed by atoms with Crippen molar-refractivity contribution in [1.82, 2.24) is 0 Å². The van der Waals surface area contributed by atoms with Gasteiger partial charge in [0.2, 0.25) is 0 Å². The van der Waals surface area contributed by atoms with Gasteiger partial charge in [-0.25, -0.2) is 0 Å². The van der Waals surface area contributed by atoms with Crippen LogP contribution in [0.3, 0.4) is 0 Å². The number of furan rings is 2. The van der Waals surface area contributed by atoms with Crippen molar-refractivity contribution >= 4 is 49.6 Å². The highest BCUT2D eigenvalue weighted by molar-refractivity contribution is 6.14. The van der Waals surface area contributed by atoms with Crippen LogP contribution in [0.1, 0.15) is 5.56 Å². The number of nitrogens with two attached hydrogens (primary N) is 1. The molecule has 220 valence electrons. The minimum absolute atomic E-state index is 0.576. The third-order valence-corrected chi connectivity index (χ3v) is 9.10. The number of hydrogen-bond acceptors (Lipinski definition) is 4. The zero-order chi connectivity index (χ0) is 31.5. The number of nitriles is 1. The number of fused-ring (bicyclic) bond motifs is 6. The van der Waals surface area contributed by atoms with Crippen LogP contribution in [-0.4, -0.2) is 0 Å². The summed E-state index contributed by atoms with van der Waals surface area (Å²) in [5.41, 5.74) is 19.4. The van der Waals surface area contributed by atoms with Crippen molar-refractivity contribution in [3.05, 3.63) is 151 Å². The van der Waals surface area contributed by atoms with Gasteiger partial charge in [-0.1, -0.05) is 103 Å². The van der Waals surface area contributed by atoms with Crippen molar-refractivity contribution in [3.63, 3.8) is 0 Å². The molecule has 4 heteroatoms. The summed E-state index contributed by atoms with van der Waals surface area (Å²) >= 11 is 0. The molecule has 0 spiro atoms. The van der Waals surface area contributed by atoms with E-state index >= 15 is 0 Å². The van der Waals surface area contributed by atoms with E-state index in [1.807, 2.05) is 48.5 Å². The fraction of sp³-hybridized carbons (Fsp3) is 0. The molecule has 9 aromatic rings. The van der Waals surface area contributed by atoms with Crippen LogP contribution in [0.25, 0.3) is 88.4 Å². The van der Waals surface area contributed by atoms with Gasteiger partial charge in [-0.3, -0.25) is 0 Å². The molecule has 9 rings (SSSR count). The largest absolute Gasteiger partial charge is 0.456 e. The van der Waals surface area contributed by atoms with Gasteiger partial charge in [0.15, 0.2) is 0 Å². The SMILES string of the molecule is N#Cc1ccc2c(c1)oc1cc(-c3cccc4c3oc3c(-c5cc(-c6ccccc6)c(N)c(-c6ccccc6)c5)cccc34)ccc12. The topological polar surface area (TPSA) is 76.1 Å². The molecular formula is C43H26N2O2. The van der Waals surface area contributed by atoms with E-state index in [0.29, 0.717) is 11.1 Å². The molecule has 0 radical (unpaired) electrons. The van der Waals surface area contributed by atoms with Crippen LogP contribution in [0.4, 0.5) is 5.69 Å². The smallest absolute Gasteiger partial charge is 0.143 e. The Balaban J connectivity index is 1.25. The number of rotatable bonds is 4. The van der Waals surface area contributed by atoms with Crippen LogP contribution in [0.5, 0.6) is 0 Å². The lowest BCUT2D eigenvalue weighted by molar-refractivity contribution is 0.668. The normalized spacial score (nSPS) is 11.5. The second-order valence-electron chi connectivity index (χ2n) is 11.8.